The lowest BCUT2D eigenvalue weighted by molar-refractivity contribution is -0.113. The summed E-state index contributed by atoms with van der Waals surface area (Å²) in [6.07, 6.45) is 1.88. The first-order valence-electron chi connectivity index (χ1n) is 8.76. The van der Waals surface area contributed by atoms with Gasteiger partial charge < -0.3 is 15.6 Å². The molecule has 27 heavy (non-hydrogen) atoms. The Balaban J connectivity index is 1.78. The minimum absolute atomic E-state index is 0.0911. The second-order valence-electron chi connectivity index (χ2n) is 6.90. The van der Waals surface area contributed by atoms with Crippen molar-refractivity contribution in [3.05, 3.63) is 82.4 Å². The van der Waals surface area contributed by atoms with E-state index < -0.39 is 0 Å². The monoisotopic (exact) mass is 361 g/mol. The van der Waals surface area contributed by atoms with Gasteiger partial charge in [0, 0.05) is 22.6 Å². The smallest absolute Gasteiger partial charge is 0.259 e. The first kappa shape index (κ1) is 17.1. The highest BCUT2D eigenvalue weighted by Crippen LogP contribution is 2.40. The number of aromatic nitrogens is 1. The lowest BCUT2D eigenvalue weighted by Crippen LogP contribution is -2.25. The molecule has 136 valence electrons. The number of nitrogens with zero attached hydrogens (tertiary/aromatic N) is 1. The summed E-state index contributed by atoms with van der Waals surface area (Å²) in [7, 11) is 0. The number of anilines is 2. The normalized spacial score (nSPS) is 14.9. The molecule has 4 rings (SSSR count). The Kier molecular flexibility index (Phi) is 4.07. The molecule has 0 fully saturated rings. The van der Waals surface area contributed by atoms with E-state index in [-0.39, 0.29) is 11.7 Å². The van der Waals surface area contributed by atoms with Gasteiger partial charge in [-0.15, -0.1) is 0 Å². The van der Waals surface area contributed by atoms with Crippen LogP contribution in [-0.2, 0) is 11.3 Å². The number of rotatable bonds is 3. The van der Waals surface area contributed by atoms with Crippen molar-refractivity contribution in [1.29, 1.82) is 0 Å². The van der Waals surface area contributed by atoms with E-state index in [2.05, 4.69) is 4.98 Å². The number of nitrogen functional groups attached to an aromatic ring is 1. The second kappa shape index (κ2) is 6.43. The van der Waals surface area contributed by atoms with Crippen molar-refractivity contribution >= 4 is 28.9 Å². The van der Waals surface area contributed by atoms with Crippen molar-refractivity contribution in [2.75, 3.05) is 10.6 Å². The first-order valence-corrected chi connectivity index (χ1v) is 8.76. The van der Waals surface area contributed by atoms with Crippen LogP contribution in [0.5, 0.6) is 0 Å². The molecular weight excluding hydrogens is 341 g/mol. The quantitative estimate of drug-likeness (QED) is 0.535. The third-order valence-electron chi connectivity index (χ3n) is 4.81. The van der Waals surface area contributed by atoms with Crippen LogP contribution in [0.25, 0.3) is 11.6 Å². The predicted molar refractivity (Wildman–Crippen MR) is 107 cm³/mol. The van der Waals surface area contributed by atoms with E-state index in [4.69, 9.17) is 5.73 Å². The zero-order chi connectivity index (χ0) is 19.1. The molecule has 3 aromatic rings. The summed E-state index contributed by atoms with van der Waals surface area (Å²) in [5.41, 5.74) is 12.7. The fourth-order valence-electron chi connectivity index (χ4n) is 3.49. The molecule has 2 aromatic carbocycles. The molecule has 1 aromatic heterocycles. The second-order valence-corrected chi connectivity index (χ2v) is 6.90. The van der Waals surface area contributed by atoms with E-state index >= 15 is 0 Å². The van der Waals surface area contributed by atoms with Crippen molar-refractivity contribution in [1.82, 2.24) is 4.98 Å². The number of benzene rings is 2. The van der Waals surface area contributed by atoms with Crippen molar-refractivity contribution < 1.29 is 9.18 Å². The number of amides is 1. The number of H-pyrrole nitrogens is 1. The maximum Gasteiger partial charge on any atom is 0.259 e. The Hall–Kier alpha value is -3.34. The van der Waals surface area contributed by atoms with E-state index in [1.165, 1.54) is 12.1 Å². The summed E-state index contributed by atoms with van der Waals surface area (Å²) in [6.45, 7) is 4.36. The largest absolute Gasteiger partial charge is 0.399 e. The molecule has 0 radical (unpaired) electrons. The minimum Gasteiger partial charge on any atom is -0.399 e. The van der Waals surface area contributed by atoms with Gasteiger partial charge in [-0.1, -0.05) is 12.1 Å². The molecule has 0 spiro atoms. The van der Waals surface area contributed by atoms with Gasteiger partial charge in [0.25, 0.3) is 5.91 Å². The Morgan fingerprint density at radius 3 is 2.52 bits per heavy atom. The van der Waals surface area contributed by atoms with Crippen LogP contribution in [-0.4, -0.2) is 10.9 Å². The lowest BCUT2D eigenvalue weighted by atomic mass is 10.0. The van der Waals surface area contributed by atoms with Crippen LogP contribution in [0.4, 0.5) is 15.8 Å². The third kappa shape index (κ3) is 3.12. The Morgan fingerprint density at radius 1 is 1.11 bits per heavy atom. The Bertz CT molecular complexity index is 1060. The Morgan fingerprint density at radius 2 is 1.85 bits per heavy atom. The Labute approximate surface area is 157 Å². The van der Waals surface area contributed by atoms with E-state index in [9.17, 15) is 9.18 Å². The van der Waals surface area contributed by atoms with Crippen LogP contribution >= 0.6 is 0 Å². The molecule has 1 amide bonds. The summed E-state index contributed by atoms with van der Waals surface area (Å²) in [4.78, 5) is 18.2. The molecular formula is C22H20FN3O. The van der Waals surface area contributed by atoms with Gasteiger partial charge in [-0.2, -0.15) is 0 Å². The molecule has 0 bridgehead atoms. The number of nitrogens with two attached hydrogens (primary N) is 1. The molecule has 0 aliphatic carbocycles. The molecule has 4 nitrogen and oxygen atoms in total. The van der Waals surface area contributed by atoms with Crippen molar-refractivity contribution in [3.63, 3.8) is 0 Å². The molecule has 0 saturated carbocycles. The van der Waals surface area contributed by atoms with E-state index in [0.717, 1.165) is 33.8 Å². The molecule has 0 unspecified atom stereocenters. The highest BCUT2D eigenvalue weighted by atomic mass is 19.1. The van der Waals surface area contributed by atoms with Gasteiger partial charge in [-0.05, 0) is 67.4 Å². The zero-order valence-corrected chi connectivity index (χ0v) is 15.2. The number of nitrogens with one attached hydrogen (secondary N) is 1. The maximum absolute atomic E-state index is 13.2. The summed E-state index contributed by atoms with van der Waals surface area (Å²) in [5, 5.41) is 0. The molecule has 1 aliphatic rings. The van der Waals surface area contributed by atoms with Crippen LogP contribution in [0.15, 0.2) is 48.5 Å². The van der Waals surface area contributed by atoms with Crippen molar-refractivity contribution in [3.8, 4) is 0 Å². The van der Waals surface area contributed by atoms with Gasteiger partial charge in [0.15, 0.2) is 0 Å². The summed E-state index contributed by atoms with van der Waals surface area (Å²) in [5.74, 6) is -0.385. The summed E-state index contributed by atoms with van der Waals surface area (Å²) in [6, 6.07) is 13.7. The molecule has 0 atom stereocenters. The summed E-state index contributed by atoms with van der Waals surface area (Å²) < 4.78 is 13.2. The fraction of sp³-hybridized carbons (Fsp3) is 0.136. The van der Waals surface area contributed by atoms with Gasteiger partial charge >= 0.3 is 0 Å². The van der Waals surface area contributed by atoms with Crippen LogP contribution in [0, 0.1) is 19.7 Å². The van der Waals surface area contributed by atoms with Crippen LogP contribution < -0.4 is 10.6 Å². The number of fused-ring (bicyclic) bond motifs is 1. The molecule has 5 heteroatoms. The summed E-state index contributed by atoms with van der Waals surface area (Å²) >= 11 is 0. The van der Waals surface area contributed by atoms with Gasteiger partial charge in [-0.25, -0.2) is 4.39 Å². The zero-order valence-electron chi connectivity index (χ0n) is 15.2. The topological polar surface area (TPSA) is 62.1 Å². The van der Waals surface area contributed by atoms with Crippen molar-refractivity contribution in [2.24, 2.45) is 0 Å². The van der Waals surface area contributed by atoms with Gasteiger partial charge in [-0.3, -0.25) is 4.79 Å². The number of hydrogen-bond acceptors (Lipinski definition) is 2. The maximum atomic E-state index is 13.2. The minimum atomic E-state index is -0.294. The lowest BCUT2D eigenvalue weighted by Gasteiger charge is -2.17. The van der Waals surface area contributed by atoms with Gasteiger partial charge in [0.1, 0.15) is 5.82 Å². The van der Waals surface area contributed by atoms with Crippen LogP contribution in [0.1, 0.15) is 28.1 Å². The number of halogens is 1. The molecule has 0 saturated heterocycles. The molecule has 1 aliphatic heterocycles. The predicted octanol–water partition coefficient (Wildman–Crippen LogP) is 4.44. The van der Waals surface area contributed by atoms with E-state index in [0.29, 0.717) is 17.8 Å². The fourth-order valence-corrected chi connectivity index (χ4v) is 3.49. The van der Waals surface area contributed by atoms with Crippen LogP contribution in [0.2, 0.25) is 0 Å². The third-order valence-corrected chi connectivity index (χ3v) is 4.81. The SMILES string of the molecule is Cc1cc(C)c(C=C2C(=O)N(Cc3ccc(F)cc3)c3ccc(N)cc32)[nH]1. The van der Waals surface area contributed by atoms with E-state index in [1.54, 1.807) is 23.1 Å². The number of carbonyl (C=O) groups is 1. The van der Waals surface area contributed by atoms with Crippen molar-refractivity contribution in [2.45, 2.75) is 20.4 Å². The molecule has 2 heterocycles. The number of hydrogen-bond donors (Lipinski definition) is 2. The highest BCUT2D eigenvalue weighted by Gasteiger charge is 2.32. The number of aryl methyl sites for hydroxylation is 2. The van der Waals surface area contributed by atoms with Gasteiger partial charge in [0.05, 0.1) is 17.8 Å². The standard InChI is InChI=1S/C22H20FN3O/c1-13-9-14(2)25-20(13)11-19-18-10-17(24)7-8-21(18)26(22(19)27)12-15-3-5-16(23)6-4-15/h3-11,25H,12,24H2,1-2H3. The van der Waals surface area contributed by atoms with Gasteiger partial charge in [0.2, 0.25) is 0 Å². The first-order chi connectivity index (χ1) is 12.9. The van der Waals surface area contributed by atoms with Crippen LogP contribution in [0.3, 0.4) is 0 Å². The highest BCUT2D eigenvalue weighted by molar-refractivity contribution is 6.35. The average Bonchev–Trinajstić information content (AvgIpc) is 3.07. The number of carbonyl (C=O) groups excluding carboxylic acids is 1. The average molecular weight is 361 g/mol. The number of aromatic amines is 1. The van der Waals surface area contributed by atoms with E-state index in [1.807, 2.05) is 38.1 Å². The molecule has 3 N–H and O–H groups in total.